The zero-order valence-electron chi connectivity index (χ0n) is 11.9. The Bertz CT molecular complexity index is 564. The first-order valence-corrected chi connectivity index (χ1v) is 6.92. The number of nitrogens with one attached hydrogen (secondary N) is 2. The van der Waals surface area contributed by atoms with Crippen molar-refractivity contribution in [3.63, 3.8) is 0 Å². The molecule has 0 unspecified atom stereocenters. The lowest BCUT2D eigenvalue weighted by molar-refractivity contribution is -0.146. The Kier molecular flexibility index (Phi) is 4.69. The SMILES string of the molecule is COCCCNC(=O)[C@@]1(C)Oc2ccc(Cl)cc2NC1=O. The van der Waals surface area contributed by atoms with Gasteiger partial charge < -0.3 is 20.1 Å². The molecule has 0 saturated heterocycles. The van der Waals surface area contributed by atoms with E-state index in [2.05, 4.69) is 10.6 Å². The molecule has 6 nitrogen and oxygen atoms in total. The maximum atomic E-state index is 12.2. The van der Waals surface area contributed by atoms with Crippen molar-refractivity contribution in [1.29, 1.82) is 0 Å². The maximum absolute atomic E-state index is 12.2. The highest BCUT2D eigenvalue weighted by Gasteiger charge is 2.47. The van der Waals surface area contributed by atoms with E-state index in [1.807, 2.05) is 0 Å². The minimum Gasteiger partial charge on any atom is -0.466 e. The average Bonchev–Trinajstić information content (AvgIpc) is 2.45. The fraction of sp³-hybridized carbons (Fsp3) is 0.429. The molecular formula is C14H17ClN2O4. The van der Waals surface area contributed by atoms with Crippen LogP contribution in [0.5, 0.6) is 5.75 Å². The van der Waals surface area contributed by atoms with E-state index in [9.17, 15) is 9.59 Å². The largest absolute Gasteiger partial charge is 0.466 e. The molecule has 1 aromatic carbocycles. The predicted molar refractivity (Wildman–Crippen MR) is 78.6 cm³/mol. The second-order valence-corrected chi connectivity index (χ2v) is 5.27. The highest BCUT2D eigenvalue weighted by molar-refractivity contribution is 6.31. The number of halogens is 1. The quantitative estimate of drug-likeness (QED) is 0.639. The monoisotopic (exact) mass is 312 g/mol. The molecule has 1 atom stereocenters. The molecule has 0 radical (unpaired) electrons. The van der Waals surface area contributed by atoms with Gasteiger partial charge in [0.15, 0.2) is 0 Å². The van der Waals surface area contributed by atoms with Crippen LogP contribution in [0.4, 0.5) is 5.69 Å². The average molecular weight is 313 g/mol. The van der Waals surface area contributed by atoms with E-state index < -0.39 is 17.4 Å². The molecule has 2 amide bonds. The van der Waals surface area contributed by atoms with Gasteiger partial charge in [0.1, 0.15) is 5.75 Å². The molecule has 0 aromatic heterocycles. The lowest BCUT2D eigenvalue weighted by Gasteiger charge is -2.33. The van der Waals surface area contributed by atoms with Crippen molar-refractivity contribution in [2.45, 2.75) is 18.9 Å². The number of hydrogen-bond donors (Lipinski definition) is 2. The van der Waals surface area contributed by atoms with Crippen LogP contribution in [0.2, 0.25) is 5.02 Å². The third kappa shape index (κ3) is 3.28. The van der Waals surface area contributed by atoms with Gasteiger partial charge in [0.25, 0.3) is 17.4 Å². The normalized spacial score (nSPS) is 20.2. The number of hydrogen-bond acceptors (Lipinski definition) is 4. The number of anilines is 1. The summed E-state index contributed by atoms with van der Waals surface area (Å²) in [6, 6.07) is 4.83. The van der Waals surface area contributed by atoms with Crippen LogP contribution >= 0.6 is 11.6 Å². The maximum Gasteiger partial charge on any atom is 0.278 e. The first kappa shape index (κ1) is 15.6. The minimum atomic E-state index is -1.60. The first-order chi connectivity index (χ1) is 9.97. The molecule has 0 saturated carbocycles. The minimum absolute atomic E-state index is 0.409. The van der Waals surface area contributed by atoms with Crippen LogP contribution in [0.25, 0.3) is 0 Å². The summed E-state index contributed by atoms with van der Waals surface area (Å²) in [5.41, 5.74) is -1.15. The first-order valence-electron chi connectivity index (χ1n) is 6.54. The number of carbonyl (C=O) groups is 2. The highest BCUT2D eigenvalue weighted by atomic mass is 35.5. The van der Waals surface area contributed by atoms with Crippen molar-refractivity contribution in [2.24, 2.45) is 0 Å². The van der Waals surface area contributed by atoms with Crippen molar-refractivity contribution >= 4 is 29.1 Å². The third-order valence-electron chi connectivity index (χ3n) is 3.18. The summed E-state index contributed by atoms with van der Waals surface area (Å²) >= 11 is 5.86. The number of fused-ring (bicyclic) bond motifs is 1. The van der Waals surface area contributed by atoms with Gasteiger partial charge in [-0.25, -0.2) is 0 Å². The van der Waals surface area contributed by atoms with Gasteiger partial charge in [-0.2, -0.15) is 0 Å². The Hall–Kier alpha value is -1.79. The Morgan fingerprint density at radius 2 is 2.29 bits per heavy atom. The number of benzene rings is 1. The van der Waals surface area contributed by atoms with E-state index >= 15 is 0 Å². The highest BCUT2D eigenvalue weighted by Crippen LogP contribution is 2.35. The smallest absolute Gasteiger partial charge is 0.278 e. The summed E-state index contributed by atoms with van der Waals surface area (Å²) in [7, 11) is 1.59. The molecule has 0 aliphatic carbocycles. The van der Waals surface area contributed by atoms with E-state index in [0.717, 1.165) is 0 Å². The number of rotatable bonds is 5. The molecule has 0 spiro atoms. The fourth-order valence-corrected chi connectivity index (χ4v) is 2.11. The molecule has 21 heavy (non-hydrogen) atoms. The topological polar surface area (TPSA) is 76.7 Å². The van der Waals surface area contributed by atoms with E-state index in [-0.39, 0.29) is 0 Å². The van der Waals surface area contributed by atoms with E-state index in [1.54, 1.807) is 25.3 Å². The van der Waals surface area contributed by atoms with E-state index in [1.165, 1.54) is 6.92 Å². The van der Waals surface area contributed by atoms with Gasteiger partial charge >= 0.3 is 0 Å². The molecule has 2 N–H and O–H groups in total. The van der Waals surface area contributed by atoms with Gasteiger partial charge in [-0.15, -0.1) is 0 Å². The van der Waals surface area contributed by atoms with E-state index in [4.69, 9.17) is 21.1 Å². The second kappa shape index (κ2) is 6.32. The number of methoxy groups -OCH3 is 1. The summed E-state index contributed by atoms with van der Waals surface area (Å²) in [5.74, 6) is -0.605. The Labute approximate surface area is 127 Å². The molecule has 1 heterocycles. The molecule has 1 aliphatic rings. The van der Waals surface area contributed by atoms with Crippen molar-refractivity contribution in [2.75, 3.05) is 25.6 Å². The molecule has 2 rings (SSSR count). The van der Waals surface area contributed by atoms with Crippen LogP contribution in [-0.2, 0) is 14.3 Å². The van der Waals surface area contributed by atoms with Crippen LogP contribution < -0.4 is 15.4 Å². The Balaban J connectivity index is 2.10. The summed E-state index contributed by atoms with van der Waals surface area (Å²) < 4.78 is 10.5. The molecular weight excluding hydrogens is 296 g/mol. The predicted octanol–water partition coefficient (Wildman–Crippen LogP) is 1.58. The van der Waals surface area contributed by atoms with Crippen molar-refractivity contribution in [3.8, 4) is 5.75 Å². The van der Waals surface area contributed by atoms with Crippen molar-refractivity contribution < 1.29 is 19.1 Å². The van der Waals surface area contributed by atoms with Crippen molar-refractivity contribution in [1.82, 2.24) is 5.32 Å². The summed E-state index contributed by atoms with van der Waals surface area (Å²) in [4.78, 5) is 24.4. The van der Waals surface area contributed by atoms with Gasteiger partial charge in [0.05, 0.1) is 5.69 Å². The number of carbonyl (C=O) groups excluding carboxylic acids is 2. The van der Waals surface area contributed by atoms with Crippen LogP contribution in [0.3, 0.4) is 0 Å². The standard InChI is InChI=1S/C14H17ClN2O4/c1-14(12(18)16-6-3-7-20-2)13(19)17-10-8-9(15)4-5-11(10)21-14/h4-5,8H,3,6-7H2,1-2H3,(H,16,18)(H,17,19)/t14-/m1/s1. The fourth-order valence-electron chi connectivity index (χ4n) is 1.93. The zero-order chi connectivity index (χ0) is 15.5. The third-order valence-corrected chi connectivity index (χ3v) is 3.42. The van der Waals surface area contributed by atoms with E-state index in [0.29, 0.717) is 36.0 Å². The molecule has 0 fully saturated rings. The molecule has 114 valence electrons. The summed E-state index contributed by atoms with van der Waals surface area (Å²) in [5, 5.41) is 5.79. The van der Waals surface area contributed by atoms with Gasteiger partial charge in [0, 0.05) is 25.3 Å². The summed E-state index contributed by atoms with van der Waals surface area (Å²) in [6.45, 7) is 2.38. The molecule has 1 aliphatic heterocycles. The van der Waals surface area contributed by atoms with Crippen LogP contribution in [-0.4, -0.2) is 37.7 Å². The molecule has 1 aromatic rings. The molecule has 0 bridgehead atoms. The van der Waals surface area contributed by atoms with Crippen LogP contribution in [0.1, 0.15) is 13.3 Å². The van der Waals surface area contributed by atoms with Gasteiger partial charge in [0.2, 0.25) is 0 Å². The van der Waals surface area contributed by atoms with Crippen LogP contribution in [0, 0.1) is 0 Å². The molecule has 7 heteroatoms. The second-order valence-electron chi connectivity index (χ2n) is 4.83. The van der Waals surface area contributed by atoms with Gasteiger partial charge in [-0.05, 0) is 31.5 Å². The van der Waals surface area contributed by atoms with Gasteiger partial charge in [-0.1, -0.05) is 11.6 Å². The zero-order valence-corrected chi connectivity index (χ0v) is 12.6. The number of ether oxygens (including phenoxy) is 2. The Morgan fingerprint density at radius 3 is 3.00 bits per heavy atom. The lowest BCUT2D eigenvalue weighted by Crippen LogP contribution is -2.58. The Morgan fingerprint density at radius 1 is 1.52 bits per heavy atom. The van der Waals surface area contributed by atoms with Crippen molar-refractivity contribution in [3.05, 3.63) is 23.2 Å². The van der Waals surface area contributed by atoms with Crippen LogP contribution in [0.15, 0.2) is 18.2 Å². The lowest BCUT2D eigenvalue weighted by atomic mass is 10.0. The summed E-state index contributed by atoms with van der Waals surface area (Å²) in [6.07, 6.45) is 0.659. The van der Waals surface area contributed by atoms with Gasteiger partial charge in [-0.3, -0.25) is 9.59 Å². The number of amides is 2.